The number of nitrogens with zero attached hydrogens (tertiary/aromatic N) is 1. The molecule has 20 heavy (non-hydrogen) atoms. The van der Waals surface area contributed by atoms with Crippen LogP contribution in [0.25, 0.3) is 0 Å². The van der Waals surface area contributed by atoms with Gasteiger partial charge >= 0.3 is 0 Å². The zero-order valence-corrected chi connectivity index (χ0v) is 12.1. The maximum Gasteiger partial charge on any atom is 0.271 e. The third-order valence-corrected chi connectivity index (χ3v) is 3.55. The van der Waals surface area contributed by atoms with Crippen LogP contribution in [0.15, 0.2) is 45.9 Å². The van der Waals surface area contributed by atoms with E-state index < -0.39 is 10.0 Å². The highest BCUT2D eigenvalue weighted by molar-refractivity contribution is 7.89. The lowest BCUT2D eigenvalue weighted by molar-refractivity contribution is 0.419. The standard InChI is InChI=1S/C13H17N3O3S/c1-16(2)11-5-3-10(4-6-11)15-9-12-7-8-13(19-12)20(14,17)18/h3-8,15H,9H2,1-2H3,(H2,14,17,18). The van der Waals surface area contributed by atoms with Crippen LogP contribution in [0.4, 0.5) is 11.4 Å². The maximum absolute atomic E-state index is 11.1. The lowest BCUT2D eigenvalue weighted by Crippen LogP contribution is -2.10. The van der Waals surface area contributed by atoms with Crippen LogP contribution in [0.3, 0.4) is 0 Å². The molecule has 0 fully saturated rings. The average molecular weight is 295 g/mol. The quantitative estimate of drug-likeness (QED) is 0.874. The second-order valence-corrected chi connectivity index (χ2v) is 6.05. The van der Waals surface area contributed by atoms with E-state index in [1.165, 1.54) is 6.07 Å². The Bertz CT molecular complexity index is 675. The Kier molecular flexibility index (Phi) is 4.01. The molecule has 1 heterocycles. The highest BCUT2D eigenvalue weighted by Gasteiger charge is 2.12. The van der Waals surface area contributed by atoms with E-state index in [2.05, 4.69) is 5.32 Å². The Labute approximate surface area is 118 Å². The smallest absolute Gasteiger partial charge is 0.271 e. The Morgan fingerprint density at radius 1 is 1.15 bits per heavy atom. The highest BCUT2D eigenvalue weighted by Crippen LogP contribution is 2.17. The van der Waals surface area contributed by atoms with Crippen molar-refractivity contribution in [3.05, 3.63) is 42.2 Å². The Morgan fingerprint density at radius 3 is 2.30 bits per heavy atom. The number of sulfonamides is 1. The molecule has 0 radical (unpaired) electrons. The topological polar surface area (TPSA) is 88.6 Å². The van der Waals surface area contributed by atoms with E-state index in [1.807, 2.05) is 43.3 Å². The predicted octanol–water partition coefficient (Wildman–Crippen LogP) is 1.61. The van der Waals surface area contributed by atoms with Gasteiger partial charge in [0.15, 0.2) is 0 Å². The summed E-state index contributed by atoms with van der Waals surface area (Å²) < 4.78 is 27.3. The zero-order valence-electron chi connectivity index (χ0n) is 11.3. The van der Waals surface area contributed by atoms with Crippen molar-refractivity contribution in [1.29, 1.82) is 0 Å². The molecule has 0 unspecified atom stereocenters. The minimum absolute atomic E-state index is 0.225. The van der Waals surface area contributed by atoms with Crippen molar-refractivity contribution in [1.82, 2.24) is 0 Å². The molecule has 1 aromatic heterocycles. The van der Waals surface area contributed by atoms with Gasteiger partial charge in [-0.3, -0.25) is 0 Å². The van der Waals surface area contributed by atoms with Gasteiger partial charge < -0.3 is 14.6 Å². The lowest BCUT2D eigenvalue weighted by Gasteiger charge is -2.13. The Hall–Kier alpha value is -1.99. The molecule has 6 nitrogen and oxygen atoms in total. The van der Waals surface area contributed by atoms with E-state index in [-0.39, 0.29) is 5.09 Å². The van der Waals surface area contributed by atoms with E-state index in [0.717, 1.165) is 11.4 Å². The van der Waals surface area contributed by atoms with E-state index >= 15 is 0 Å². The van der Waals surface area contributed by atoms with Crippen LogP contribution in [0.1, 0.15) is 5.76 Å². The Morgan fingerprint density at radius 2 is 1.80 bits per heavy atom. The fourth-order valence-electron chi connectivity index (χ4n) is 1.67. The van der Waals surface area contributed by atoms with Crippen molar-refractivity contribution in [2.24, 2.45) is 5.14 Å². The van der Waals surface area contributed by atoms with Crippen LogP contribution >= 0.6 is 0 Å². The summed E-state index contributed by atoms with van der Waals surface area (Å²) in [7, 11) is 0.165. The molecule has 0 amide bonds. The average Bonchev–Trinajstić information content (AvgIpc) is 2.85. The summed E-state index contributed by atoms with van der Waals surface area (Å²) >= 11 is 0. The van der Waals surface area contributed by atoms with Crippen molar-refractivity contribution in [3.63, 3.8) is 0 Å². The SMILES string of the molecule is CN(C)c1ccc(NCc2ccc(S(N)(=O)=O)o2)cc1. The molecule has 0 saturated carbocycles. The van der Waals surface area contributed by atoms with Crippen molar-refractivity contribution >= 4 is 21.4 Å². The van der Waals surface area contributed by atoms with Crippen molar-refractivity contribution in [2.75, 3.05) is 24.3 Å². The number of benzene rings is 1. The maximum atomic E-state index is 11.1. The molecule has 0 aliphatic heterocycles. The van der Waals surface area contributed by atoms with Gasteiger partial charge in [-0.2, -0.15) is 0 Å². The molecule has 0 saturated heterocycles. The molecule has 2 rings (SSSR count). The zero-order chi connectivity index (χ0) is 14.8. The molecular formula is C13H17N3O3S. The summed E-state index contributed by atoms with van der Waals surface area (Å²) in [5, 5.41) is 7.89. The van der Waals surface area contributed by atoms with Crippen LogP contribution in [0.2, 0.25) is 0 Å². The molecule has 0 aliphatic rings. The molecule has 1 aromatic carbocycles. The number of primary sulfonamides is 1. The Balaban J connectivity index is 2.00. The van der Waals surface area contributed by atoms with E-state index in [4.69, 9.17) is 9.56 Å². The van der Waals surface area contributed by atoms with Crippen LogP contribution in [-0.4, -0.2) is 22.5 Å². The number of rotatable bonds is 5. The van der Waals surface area contributed by atoms with E-state index in [1.54, 1.807) is 6.07 Å². The van der Waals surface area contributed by atoms with Gasteiger partial charge in [0.05, 0.1) is 6.54 Å². The van der Waals surface area contributed by atoms with E-state index in [9.17, 15) is 8.42 Å². The summed E-state index contributed by atoms with van der Waals surface area (Å²) in [6.07, 6.45) is 0. The van der Waals surface area contributed by atoms with E-state index in [0.29, 0.717) is 12.3 Å². The normalized spacial score (nSPS) is 11.3. The third-order valence-electron chi connectivity index (χ3n) is 2.77. The fourth-order valence-corrected chi connectivity index (χ4v) is 2.15. The van der Waals surface area contributed by atoms with Gasteiger partial charge in [-0.05, 0) is 36.4 Å². The molecule has 2 aromatic rings. The number of furan rings is 1. The molecule has 108 valence electrons. The summed E-state index contributed by atoms with van der Waals surface area (Å²) in [6.45, 7) is 0.386. The minimum atomic E-state index is -3.78. The number of hydrogen-bond acceptors (Lipinski definition) is 5. The third kappa shape index (κ3) is 3.52. The lowest BCUT2D eigenvalue weighted by atomic mass is 10.2. The second-order valence-electron chi connectivity index (χ2n) is 4.56. The van der Waals surface area contributed by atoms with Gasteiger partial charge in [0.25, 0.3) is 10.0 Å². The monoisotopic (exact) mass is 295 g/mol. The second kappa shape index (κ2) is 5.56. The number of nitrogens with two attached hydrogens (primary N) is 1. The first-order valence-corrected chi connectivity index (χ1v) is 7.53. The van der Waals surface area contributed by atoms with Crippen LogP contribution < -0.4 is 15.4 Å². The minimum Gasteiger partial charge on any atom is -0.446 e. The van der Waals surface area contributed by atoms with Crippen molar-refractivity contribution in [3.8, 4) is 0 Å². The number of hydrogen-bond donors (Lipinski definition) is 2. The van der Waals surface area contributed by atoms with Gasteiger partial charge in [-0.25, -0.2) is 13.6 Å². The van der Waals surface area contributed by atoms with Gasteiger partial charge in [-0.15, -0.1) is 0 Å². The molecule has 3 N–H and O–H groups in total. The molecule has 0 spiro atoms. The highest BCUT2D eigenvalue weighted by atomic mass is 32.2. The first-order valence-electron chi connectivity index (χ1n) is 5.99. The summed E-state index contributed by atoms with van der Waals surface area (Å²) in [4.78, 5) is 2.01. The largest absolute Gasteiger partial charge is 0.446 e. The van der Waals surface area contributed by atoms with Gasteiger partial charge in [0, 0.05) is 25.5 Å². The van der Waals surface area contributed by atoms with Gasteiger partial charge in [0.2, 0.25) is 5.09 Å². The molecule has 0 bridgehead atoms. The molecule has 7 heteroatoms. The number of anilines is 2. The van der Waals surface area contributed by atoms with Gasteiger partial charge in [-0.1, -0.05) is 0 Å². The van der Waals surface area contributed by atoms with Crippen LogP contribution in [-0.2, 0) is 16.6 Å². The number of nitrogens with one attached hydrogen (secondary N) is 1. The van der Waals surface area contributed by atoms with Gasteiger partial charge in [0.1, 0.15) is 5.76 Å². The summed E-state index contributed by atoms with van der Waals surface area (Å²) in [5.41, 5.74) is 2.02. The fraction of sp³-hybridized carbons (Fsp3) is 0.231. The van der Waals surface area contributed by atoms with Crippen molar-refractivity contribution < 1.29 is 12.8 Å². The van der Waals surface area contributed by atoms with Crippen molar-refractivity contribution in [2.45, 2.75) is 11.6 Å². The summed E-state index contributed by atoms with van der Waals surface area (Å²) in [5.74, 6) is 0.505. The first kappa shape index (κ1) is 14.4. The molecule has 0 aliphatic carbocycles. The molecule has 0 atom stereocenters. The van der Waals surface area contributed by atoms with Crippen LogP contribution in [0.5, 0.6) is 0 Å². The first-order chi connectivity index (χ1) is 9.36. The summed E-state index contributed by atoms with van der Waals surface area (Å²) in [6, 6.07) is 10.8. The molecular weight excluding hydrogens is 278 g/mol. The predicted molar refractivity (Wildman–Crippen MR) is 78.2 cm³/mol. The van der Waals surface area contributed by atoms with Crippen LogP contribution in [0, 0.1) is 0 Å².